The molecule has 0 saturated carbocycles. The van der Waals surface area contributed by atoms with Crippen LogP contribution in [0.1, 0.15) is 17.5 Å². The molecule has 0 unspecified atom stereocenters. The number of rotatable bonds is 5. The molecule has 0 atom stereocenters. The van der Waals surface area contributed by atoms with E-state index in [1.807, 2.05) is 26.0 Å². The number of hydrogen-bond donors (Lipinski definition) is 1. The Labute approximate surface area is 156 Å². The van der Waals surface area contributed by atoms with Crippen molar-refractivity contribution in [2.75, 3.05) is 13.1 Å². The van der Waals surface area contributed by atoms with Gasteiger partial charge in [-0.15, -0.1) is 5.10 Å². The number of nitrogens with two attached hydrogens (primary N) is 1. The molecule has 2 aromatic rings. The Morgan fingerprint density at radius 1 is 1.22 bits per heavy atom. The SMILES string of the molecule is Cc1cc(C)cc(-c2ncn(/C=C\C(=O)N3CCC(=O)N3CC(N)=O)n2)c1. The number of carbonyl (C=O) groups is 3. The van der Waals surface area contributed by atoms with Crippen LogP contribution < -0.4 is 5.73 Å². The summed E-state index contributed by atoms with van der Waals surface area (Å²) in [6, 6.07) is 6.03. The molecular weight excluding hydrogens is 348 g/mol. The van der Waals surface area contributed by atoms with Crippen LogP contribution >= 0.6 is 0 Å². The Morgan fingerprint density at radius 2 is 1.93 bits per heavy atom. The molecule has 1 aromatic carbocycles. The molecule has 1 aromatic heterocycles. The predicted molar refractivity (Wildman–Crippen MR) is 97.5 cm³/mol. The molecule has 9 nitrogen and oxygen atoms in total. The fourth-order valence-electron chi connectivity index (χ4n) is 2.95. The summed E-state index contributed by atoms with van der Waals surface area (Å²) < 4.78 is 1.42. The summed E-state index contributed by atoms with van der Waals surface area (Å²) in [5.41, 5.74) is 8.25. The van der Waals surface area contributed by atoms with Crippen LogP contribution in [-0.2, 0) is 14.4 Å². The van der Waals surface area contributed by atoms with Crippen LogP contribution in [0.4, 0.5) is 0 Å². The van der Waals surface area contributed by atoms with Gasteiger partial charge in [-0.05, 0) is 26.0 Å². The van der Waals surface area contributed by atoms with Gasteiger partial charge in [-0.2, -0.15) is 0 Å². The van der Waals surface area contributed by atoms with E-state index in [1.54, 1.807) is 0 Å². The standard InChI is InChI=1S/C18H20N6O3/c1-12-7-13(2)9-14(8-12)18-20-11-22(21-18)5-3-16(26)23-6-4-17(27)24(23)10-15(19)25/h3,5,7-9,11H,4,6,10H2,1-2H3,(H2,19,25)/b5-3-. The first-order valence-corrected chi connectivity index (χ1v) is 8.41. The molecule has 1 aliphatic heterocycles. The lowest BCUT2D eigenvalue weighted by atomic mass is 10.1. The number of carbonyl (C=O) groups excluding carboxylic acids is 3. The quantitative estimate of drug-likeness (QED) is 0.772. The fourth-order valence-corrected chi connectivity index (χ4v) is 2.95. The molecule has 1 aliphatic rings. The lowest BCUT2D eigenvalue weighted by Crippen LogP contribution is -2.46. The maximum atomic E-state index is 12.4. The highest BCUT2D eigenvalue weighted by molar-refractivity contribution is 5.94. The maximum Gasteiger partial charge on any atom is 0.266 e. The second-order valence-corrected chi connectivity index (χ2v) is 6.37. The van der Waals surface area contributed by atoms with Crippen molar-refractivity contribution in [3.63, 3.8) is 0 Å². The molecule has 2 heterocycles. The van der Waals surface area contributed by atoms with E-state index in [9.17, 15) is 14.4 Å². The molecule has 3 rings (SSSR count). The van der Waals surface area contributed by atoms with Gasteiger partial charge in [0.05, 0.1) is 6.54 Å². The van der Waals surface area contributed by atoms with E-state index in [4.69, 9.17) is 5.73 Å². The summed E-state index contributed by atoms with van der Waals surface area (Å²) in [7, 11) is 0. The molecule has 2 N–H and O–H groups in total. The lowest BCUT2D eigenvalue weighted by molar-refractivity contribution is -0.152. The van der Waals surface area contributed by atoms with E-state index >= 15 is 0 Å². The number of amides is 3. The minimum absolute atomic E-state index is 0.160. The van der Waals surface area contributed by atoms with Crippen molar-refractivity contribution in [2.24, 2.45) is 5.73 Å². The van der Waals surface area contributed by atoms with Crippen LogP contribution in [0.15, 0.2) is 30.6 Å². The third-order valence-corrected chi connectivity index (χ3v) is 4.04. The third-order valence-electron chi connectivity index (χ3n) is 4.04. The van der Waals surface area contributed by atoms with Crippen molar-refractivity contribution in [1.29, 1.82) is 0 Å². The van der Waals surface area contributed by atoms with Crippen LogP contribution in [0.25, 0.3) is 17.6 Å². The van der Waals surface area contributed by atoms with Gasteiger partial charge in [0.25, 0.3) is 5.91 Å². The second kappa shape index (κ2) is 7.40. The smallest absolute Gasteiger partial charge is 0.266 e. The monoisotopic (exact) mass is 368 g/mol. The lowest BCUT2D eigenvalue weighted by Gasteiger charge is -2.25. The Morgan fingerprint density at radius 3 is 2.59 bits per heavy atom. The average molecular weight is 368 g/mol. The highest BCUT2D eigenvalue weighted by Crippen LogP contribution is 2.18. The highest BCUT2D eigenvalue weighted by Gasteiger charge is 2.32. The van der Waals surface area contributed by atoms with E-state index in [2.05, 4.69) is 16.1 Å². The summed E-state index contributed by atoms with van der Waals surface area (Å²) in [4.78, 5) is 39.5. The van der Waals surface area contributed by atoms with Crippen molar-refractivity contribution in [2.45, 2.75) is 20.3 Å². The van der Waals surface area contributed by atoms with Gasteiger partial charge in [-0.25, -0.2) is 19.7 Å². The molecule has 27 heavy (non-hydrogen) atoms. The number of hydrazine groups is 1. The Bertz CT molecular complexity index is 913. The van der Waals surface area contributed by atoms with Crippen molar-refractivity contribution in [3.8, 4) is 11.4 Å². The first-order chi connectivity index (χ1) is 12.8. The Kier molecular flexibility index (Phi) is 5.02. The summed E-state index contributed by atoms with van der Waals surface area (Å²) in [5, 5.41) is 6.60. The topological polar surface area (TPSA) is 114 Å². The molecule has 0 radical (unpaired) electrons. The van der Waals surface area contributed by atoms with Gasteiger partial charge in [0.1, 0.15) is 12.9 Å². The van der Waals surface area contributed by atoms with E-state index in [0.29, 0.717) is 5.82 Å². The molecule has 0 bridgehead atoms. The van der Waals surface area contributed by atoms with Crippen LogP contribution in [0, 0.1) is 13.8 Å². The fraction of sp³-hybridized carbons (Fsp3) is 0.278. The zero-order valence-electron chi connectivity index (χ0n) is 15.1. The zero-order chi connectivity index (χ0) is 19.6. The van der Waals surface area contributed by atoms with E-state index in [-0.39, 0.29) is 25.4 Å². The van der Waals surface area contributed by atoms with E-state index in [1.165, 1.54) is 28.3 Å². The number of aryl methyl sites for hydroxylation is 2. The first-order valence-electron chi connectivity index (χ1n) is 8.41. The summed E-state index contributed by atoms with van der Waals surface area (Å²) in [6.07, 6.45) is 4.37. The van der Waals surface area contributed by atoms with Crippen molar-refractivity contribution < 1.29 is 14.4 Å². The van der Waals surface area contributed by atoms with E-state index < -0.39 is 11.8 Å². The maximum absolute atomic E-state index is 12.4. The molecular formula is C18H20N6O3. The average Bonchev–Trinajstić information content (AvgIpc) is 3.19. The van der Waals surface area contributed by atoms with Gasteiger partial charge in [0, 0.05) is 24.3 Å². The molecule has 9 heteroatoms. The Balaban J connectivity index is 1.73. The van der Waals surface area contributed by atoms with Gasteiger partial charge >= 0.3 is 0 Å². The van der Waals surface area contributed by atoms with Gasteiger partial charge in [0.15, 0.2) is 5.82 Å². The molecule has 140 valence electrons. The number of hydrogen-bond acceptors (Lipinski definition) is 5. The van der Waals surface area contributed by atoms with Crippen LogP contribution in [0.3, 0.4) is 0 Å². The summed E-state index contributed by atoms with van der Waals surface area (Å²) in [6.45, 7) is 3.89. The van der Waals surface area contributed by atoms with Crippen LogP contribution in [0.5, 0.6) is 0 Å². The van der Waals surface area contributed by atoms with Gasteiger partial charge in [-0.3, -0.25) is 14.4 Å². The van der Waals surface area contributed by atoms with Crippen LogP contribution in [-0.4, -0.2) is 55.6 Å². The minimum Gasteiger partial charge on any atom is -0.368 e. The van der Waals surface area contributed by atoms with Gasteiger partial charge in [0.2, 0.25) is 11.8 Å². The molecule has 1 saturated heterocycles. The molecule has 0 aliphatic carbocycles. The van der Waals surface area contributed by atoms with Crippen molar-refractivity contribution in [3.05, 3.63) is 41.7 Å². The first kappa shape index (κ1) is 18.3. The van der Waals surface area contributed by atoms with Crippen LogP contribution in [0.2, 0.25) is 0 Å². The summed E-state index contributed by atoms with van der Waals surface area (Å²) in [5.74, 6) is -0.883. The highest BCUT2D eigenvalue weighted by atomic mass is 16.2. The number of primary amides is 1. The molecule has 1 fully saturated rings. The normalized spacial score (nSPS) is 14.4. The van der Waals surface area contributed by atoms with Gasteiger partial charge in [-0.1, -0.05) is 17.2 Å². The minimum atomic E-state index is -0.679. The zero-order valence-corrected chi connectivity index (χ0v) is 15.1. The number of aromatic nitrogens is 3. The third kappa shape index (κ3) is 4.20. The van der Waals surface area contributed by atoms with Gasteiger partial charge < -0.3 is 5.73 Å². The second-order valence-electron chi connectivity index (χ2n) is 6.37. The number of benzene rings is 1. The van der Waals surface area contributed by atoms with Crippen molar-refractivity contribution >= 4 is 23.9 Å². The largest absolute Gasteiger partial charge is 0.368 e. The van der Waals surface area contributed by atoms with Crippen molar-refractivity contribution in [1.82, 2.24) is 24.8 Å². The number of nitrogens with zero attached hydrogens (tertiary/aromatic N) is 5. The summed E-state index contributed by atoms with van der Waals surface area (Å²) >= 11 is 0. The molecule has 3 amide bonds. The van der Waals surface area contributed by atoms with E-state index in [0.717, 1.165) is 21.7 Å². The predicted octanol–water partition coefficient (Wildman–Crippen LogP) is 0.494. The molecule has 0 spiro atoms. The Hall–Kier alpha value is -3.49.